The molecule has 0 radical (unpaired) electrons. The molecule has 1 heterocycles. The van der Waals surface area contributed by atoms with E-state index in [-0.39, 0.29) is 18.5 Å². The van der Waals surface area contributed by atoms with Gasteiger partial charge >= 0.3 is 6.03 Å². The third-order valence-electron chi connectivity index (χ3n) is 7.31. The van der Waals surface area contributed by atoms with Crippen molar-refractivity contribution in [2.45, 2.75) is 50.6 Å². The molecule has 6 nitrogen and oxygen atoms in total. The first-order chi connectivity index (χ1) is 17.5. The lowest BCUT2D eigenvalue weighted by Crippen LogP contribution is -2.47. The first kappa shape index (κ1) is 23.8. The van der Waals surface area contributed by atoms with Gasteiger partial charge in [-0.05, 0) is 60.4 Å². The summed E-state index contributed by atoms with van der Waals surface area (Å²) < 4.78 is 0. The molecule has 3 aromatic carbocycles. The highest BCUT2D eigenvalue weighted by Crippen LogP contribution is 2.33. The lowest BCUT2D eigenvalue weighted by atomic mass is 9.83. The van der Waals surface area contributed by atoms with Crippen LogP contribution >= 0.6 is 0 Å². The topological polar surface area (TPSA) is 78.5 Å². The number of amides is 4. The molecule has 2 aliphatic rings. The Morgan fingerprint density at radius 3 is 2.33 bits per heavy atom. The zero-order chi connectivity index (χ0) is 25.1. The monoisotopic (exact) mass is 481 g/mol. The molecule has 2 atom stereocenters. The summed E-state index contributed by atoms with van der Waals surface area (Å²) in [6.07, 6.45) is 4.88. The van der Waals surface area contributed by atoms with E-state index in [0.29, 0.717) is 12.0 Å². The van der Waals surface area contributed by atoms with E-state index in [2.05, 4.69) is 28.8 Å². The smallest absolute Gasteiger partial charge is 0.325 e. The number of imide groups is 1. The average molecular weight is 482 g/mol. The molecule has 0 spiro atoms. The van der Waals surface area contributed by atoms with Crippen LogP contribution in [0.3, 0.4) is 0 Å². The molecule has 0 aromatic heterocycles. The van der Waals surface area contributed by atoms with Gasteiger partial charge in [0.05, 0.1) is 6.04 Å². The second-order valence-electron chi connectivity index (χ2n) is 9.78. The van der Waals surface area contributed by atoms with Crippen molar-refractivity contribution in [3.05, 3.63) is 107 Å². The van der Waals surface area contributed by atoms with Gasteiger partial charge in [-0.2, -0.15) is 0 Å². The van der Waals surface area contributed by atoms with E-state index >= 15 is 0 Å². The van der Waals surface area contributed by atoms with Crippen LogP contribution in [-0.2, 0) is 34.4 Å². The van der Waals surface area contributed by atoms with Crippen LogP contribution in [0, 0.1) is 0 Å². The number of rotatable bonds is 7. The molecule has 0 bridgehead atoms. The molecule has 4 amide bonds. The molecule has 184 valence electrons. The van der Waals surface area contributed by atoms with E-state index in [4.69, 9.17) is 0 Å². The third kappa shape index (κ3) is 4.63. The van der Waals surface area contributed by atoms with Crippen LogP contribution in [-0.4, -0.2) is 29.3 Å². The van der Waals surface area contributed by atoms with Crippen LogP contribution in [0.4, 0.5) is 4.79 Å². The molecular formula is C30H31N3O3. The predicted molar refractivity (Wildman–Crippen MR) is 138 cm³/mol. The number of nitrogens with one attached hydrogen (secondary N) is 2. The minimum atomic E-state index is -1.26. The number of carbonyl (C=O) groups excluding carboxylic acids is 3. The average Bonchev–Trinajstić information content (AvgIpc) is 3.14. The molecule has 1 aliphatic carbocycles. The molecule has 1 fully saturated rings. The SMILES string of the molecule is CC(NC(=O)CN1C(=O)NC(Cc2ccccc2)(c2ccccc2)C1=O)c1ccc2c(c1)CCCC2. The fourth-order valence-corrected chi connectivity index (χ4v) is 5.35. The first-order valence-electron chi connectivity index (χ1n) is 12.6. The van der Waals surface area contributed by atoms with Crippen LogP contribution in [0.2, 0.25) is 0 Å². The molecule has 3 aromatic rings. The summed E-state index contributed by atoms with van der Waals surface area (Å²) in [5, 5.41) is 5.89. The number of benzene rings is 3. The van der Waals surface area contributed by atoms with Crippen molar-refractivity contribution in [3.8, 4) is 0 Å². The summed E-state index contributed by atoms with van der Waals surface area (Å²) in [7, 11) is 0. The maximum absolute atomic E-state index is 13.8. The van der Waals surface area contributed by atoms with Gasteiger partial charge in [0.25, 0.3) is 5.91 Å². The summed E-state index contributed by atoms with van der Waals surface area (Å²) in [4.78, 5) is 40.8. The zero-order valence-corrected chi connectivity index (χ0v) is 20.5. The van der Waals surface area contributed by atoms with Crippen LogP contribution in [0.15, 0.2) is 78.9 Å². The van der Waals surface area contributed by atoms with Gasteiger partial charge in [0, 0.05) is 6.42 Å². The van der Waals surface area contributed by atoms with Gasteiger partial charge in [0.1, 0.15) is 6.54 Å². The largest absolute Gasteiger partial charge is 0.348 e. The number of nitrogens with zero attached hydrogens (tertiary/aromatic N) is 1. The molecule has 6 heteroatoms. The Labute approximate surface area is 211 Å². The fraction of sp³-hybridized carbons (Fsp3) is 0.300. The zero-order valence-electron chi connectivity index (χ0n) is 20.5. The quantitative estimate of drug-likeness (QED) is 0.490. The summed E-state index contributed by atoms with van der Waals surface area (Å²) in [6, 6.07) is 24.4. The molecule has 36 heavy (non-hydrogen) atoms. The van der Waals surface area contributed by atoms with Gasteiger partial charge < -0.3 is 10.6 Å². The number of urea groups is 1. The number of fused-ring (bicyclic) bond motifs is 1. The predicted octanol–water partition coefficient (Wildman–Crippen LogP) is 4.43. The lowest BCUT2D eigenvalue weighted by Gasteiger charge is -2.27. The maximum Gasteiger partial charge on any atom is 0.325 e. The number of carbonyl (C=O) groups is 3. The van der Waals surface area contributed by atoms with Gasteiger partial charge in [-0.1, -0.05) is 78.9 Å². The number of hydrogen-bond acceptors (Lipinski definition) is 3. The second-order valence-corrected chi connectivity index (χ2v) is 9.78. The number of aryl methyl sites for hydroxylation is 2. The van der Waals surface area contributed by atoms with Gasteiger partial charge in [0.2, 0.25) is 5.91 Å². The fourth-order valence-electron chi connectivity index (χ4n) is 5.35. The highest BCUT2D eigenvalue weighted by molar-refractivity contribution is 6.09. The molecular weight excluding hydrogens is 450 g/mol. The normalized spacial score (nSPS) is 20.0. The van der Waals surface area contributed by atoms with Crippen molar-refractivity contribution in [2.75, 3.05) is 6.54 Å². The summed E-state index contributed by atoms with van der Waals surface area (Å²) in [6.45, 7) is 1.60. The van der Waals surface area contributed by atoms with E-state index in [0.717, 1.165) is 28.9 Å². The van der Waals surface area contributed by atoms with E-state index in [1.54, 1.807) is 0 Å². The molecule has 1 aliphatic heterocycles. The van der Waals surface area contributed by atoms with E-state index < -0.39 is 17.5 Å². The standard InChI is InChI=1S/C30H31N3O3/c1-21(24-17-16-23-12-8-9-13-25(23)18-24)31-27(34)20-33-28(35)30(32-29(33)36,26-14-6-3-7-15-26)19-22-10-4-2-5-11-22/h2-7,10-11,14-18,21H,8-9,12-13,19-20H2,1H3,(H,31,34)(H,32,36). The van der Waals surface area contributed by atoms with E-state index in [1.807, 2.05) is 67.6 Å². The van der Waals surface area contributed by atoms with Crippen molar-refractivity contribution >= 4 is 17.8 Å². The molecule has 5 rings (SSSR count). The second kappa shape index (κ2) is 9.97. The van der Waals surface area contributed by atoms with Crippen LogP contribution in [0.25, 0.3) is 0 Å². The molecule has 1 saturated heterocycles. The highest BCUT2D eigenvalue weighted by Gasteiger charge is 2.52. The summed E-state index contributed by atoms with van der Waals surface area (Å²) >= 11 is 0. The van der Waals surface area contributed by atoms with Crippen molar-refractivity contribution in [2.24, 2.45) is 0 Å². The Bertz CT molecular complexity index is 1280. The van der Waals surface area contributed by atoms with Crippen molar-refractivity contribution in [1.82, 2.24) is 15.5 Å². The molecule has 0 saturated carbocycles. The van der Waals surface area contributed by atoms with Gasteiger partial charge in [0.15, 0.2) is 5.54 Å². The van der Waals surface area contributed by atoms with Crippen LogP contribution < -0.4 is 10.6 Å². The summed E-state index contributed by atoms with van der Waals surface area (Å²) in [5.41, 5.74) is 4.12. The van der Waals surface area contributed by atoms with Gasteiger partial charge in [-0.25, -0.2) is 4.79 Å². The minimum Gasteiger partial charge on any atom is -0.348 e. The molecule has 2 N–H and O–H groups in total. The van der Waals surface area contributed by atoms with Crippen molar-refractivity contribution in [1.29, 1.82) is 0 Å². The Morgan fingerprint density at radius 2 is 1.61 bits per heavy atom. The number of hydrogen-bond donors (Lipinski definition) is 2. The van der Waals surface area contributed by atoms with Gasteiger partial charge in [-0.15, -0.1) is 0 Å². The summed E-state index contributed by atoms with van der Waals surface area (Å²) in [5.74, 6) is -0.786. The Morgan fingerprint density at radius 1 is 0.944 bits per heavy atom. The van der Waals surface area contributed by atoms with E-state index in [9.17, 15) is 14.4 Å². The Balaban J connectivity index is 1.33. The Hall–Kier alpha value is -3.93. The Kier molecular flexibility index (Phi) is 6.59. The van der Waals surface area contributed by atoms with Gasteiger partial charge in [-0.3, -0.25) is 14.5 Å². The highest BCUT2D eigenvalue weighted by atomic mass is 16.2. The van der Waals surface area contributed by atoms with E-state index in [1.165, 1.54) is 24.0 Å². The van der Waals surface area contributed by atoms with Crippen LogP contribution in [0.1, 0.15) is 53.6 Å². The van der Waals surface area contributed by atoms with Crippen molar-refractivity contribution in [3.63, 3.8) is 0 Å². The first-order valence-corrected chi connectivity index (χ1v) is 12.6. The minimum absolute atomic E-state index is 0.228. The maximum atomic E-state index is 13.8. The lowest BCUT2D eigenvalue weighted by molar-refractivity contribution is -0.135. The molecule has 2 unspecified atom stereocenters. The third-order valence-corrected chi connectivity index (χ3v) is 7.31. The van der Waals surface area contributed by atoms with Crippen LogP contribution in [0.5, 0.6) is 0 Å². The van der Waals surface area contributed by atoms with Crippen molar-refractivity contribution < 1.29 is 14.4 Å².